The molecule has 0 bridgehead atoms. The number of nitrogens with one attached hydrogen (secondary N) is 2. The highest BCUT2D eigenvalue weighted by Crippen LogP contribution is 2.15. The number of aromatic nitrogens is 3. The summed E-state index contributed by atoms with van der Waals surface area (Å²) in [7, 11) is 1.70. The molecule has 0 aromatic carbocycles. The van der Waals surface area contributed by atoms with Gasteiger partial charge in [0.05, 0.1) is 0 Å². The zero-order valence-corrected chi connectivity index (χ0v) is 13.7. The van der Waals surface area contributed by atoms with Crippen LogP contribution < -0.4 is 21.1 Å². The normalized spacial score (nSPS) is 17.6. The van der Waals surface area contributed by atoms with Gasteiger partial charge in [0.2, 0.25) is 0 Å². The Hall–Kier alpha value is -2.84. The van der Waals surface area contributed by atoms with E-state index in [4.69, 9.17) is 4.52 Å². The van der Waals surface area contributed by atoms with Gasteiger partial charge < -0.3 is 19.3 Å². The Balaban J connectivity index is 1.63. The van der Waals surface area contributed by atoms with Gasteiger partial charge >= 0.3 is 6.03 Å². The largest absolute Gasteiger partial charge is 0.362 e. The van der Waals surface area contributed by atoms with Gasteiger partial charge in [-0.25, -0.2) is 9.78 Å². The van der Waals surface area contributed by atoms with Crippen molar-refractivity contribution in [2.75, 3.05) is 23.3 Å². The molecule has 1 saturated heterocycles. The first-order chi connectivity index (χ1) is 11.5. The first kappa shape index (κ1) is 16.0. The van der Waals surface area contributed by atoms with Crippen LogP contribution in [0.25, 0.3) is 0 Å². The molecule has 1 fully saturated rings. The summed E-state index contributed by atoms with van der Waals surface area (Å²) in [5.74, 6) is 0.818. The van der Waals surface area contributed by atoms with Crippen molar-refractivity contribution in [3.8, 4) is 0 Å². The quantitative estimate of drug-likeness (QED) is 0.864. The van der Waals surface area contributed by atoms with E-state index in [1.165, 1.54) is 10.8 Å². The second-order valence-electron chi connectivity index (χ2n) is 5.90. The molecule has 0 unspecified atom stereocenters. The van der Waals surface area contributed by atoms with Crippen molar-refractivity contribution in [1.82, 2.24) is 20.0 Å². The first-order valence-electron chi connectivity index (χ1n) is 7.79. The van der Waals surface area contributed by atoms with Crippen LogP contribution >= 0.6 is 0 Å². The van der Waals surface area contributed by atoms with Crippen LogP contribution in [-0.2, 0) is 7.05 Å². The molecule has 2 aromatic rings. The van der Waals surface area contributed by atoms with Gasteiger partial charge in [0, 0.05) is 44.1 Å². The highest BCUT2D eigenvalue weighted by atomic mass is 16.5. The predicted octanol–water partition coefficient (Wildman–Crippen LogP) is 0.867. The van der Waals surface area contributed by atoms with E-state index in [0.717, 1.165) is 24.9 Å². The summed E-state index contributed by atoms with van der Waals surface area (Å²) in [6, 6.07) is -0.412. The molecule has 2 N–H and O–H groups in total. The lowest BCUT2D eigenvalue weighted by molar-refractivity contribution is 0.246. The number of anilines is 2. The van der Waals surface area contributed by atoms with Gasteiger partial charge in [-0.05, 0) is 19.8 Å². The maximum Gasteiger partial charge on any atom is 0.320 e. The van der Waals surface area contributed by atoms with E-state index >= 15 is 0 Å². The maximum absolute atomic E-state index is 12.2. The molecule has 2 amide bonds. The first-order valence-corrected chi connectivity index (χ1v) is 7.79. The molecule has 9 nitrogen and oxygen atoms in total. The SMILES string of the molecule is Cc1conc1NC(=O)N[C@H]1CCCN(c2nccn(C)c2=O)C1. The van der Waals surface area contributed by atoms with Crippen molar-refractivity contribution in [2.45, 2.75) is 25.8 Å². The molecular weight excluding hydrogens is 312 g/mol. The average Bonchev–Trinajstić information content (AvgIpc) is 2.95. The summed E-state index contributed by atoms with van der Waals surface area (Å²) in [5.41, 5.74) is 0.619. The fourth-order valence-corrected chi connectivity index (χ4v) is 2.73. The second kappa shape index (κ2) is 6.73. The molecule has 0 spiro atoms. The molecule has 9 heteroatoms. The van der Waals surface area contributed by atoms with Gasteiger partial charge in [0.1, 0.15) is 6.26 Å². The van der Waals surface area contributed by atoms with Crippen molar-refractivity contribution < 1.29 is 9.32 Å². The monoisotopic (exact) mass is 332 g/mol. The molecule has 128 valence electrons. The highest BCUT2D eigenvalue weighted by molar-refractivity contribution is 5.89. The maximum atomic E-state index is 12.2. The summed E-state index contributed by atoms with van der Waals surface area (Å²) < 4.78 is 6.29. The van der Waals surface area contributed by atoms with E-state index in [2.05, 4.69) is 20.8 Å². The van der Waals surface area contributed by atoms with Crippen LogP contribution in [0.15, 0.2) is 28.0 Å². The van der Waals surface area contributed by atoms with Crippen LogP contribution in [0, 0.1) is 6.92 Å². The van der Waals surface area contributed by atoms with E-state index in [9.17, 15) is 9.59 Å². The Bertz CT molecular complexity index is 784. The Morgan fingerprint density at radius 2 is 2.29 bits per heavy atom. The number of amides is 2. The van der Waals surface area contributed by atoms with Crippen molar-refractivity contribution in [3.63, 3.8) is 0 Å². The van der Waals surface area contributed by atoms with Crippen molar-refractivity contribution in [3.05, 3.63) is 34.6 Å². The van der Waals surface area contributed by atoms with E-state index in [1.807, 2.05) is 4.90 Å². The fourth-order valence-electron chi connectivity index (χ4n) is 2.73. The lowest BCUT2D eigenvalue weighted by Gasteiger charge is -2.33. The third kappa shape index (κ3) is 3.39. The number of nitrogens with zero attached hydrogens (tertiary/aromatic N) is 4. The molecule has 1 atom stereocenters. The van der Waals surface area contributed by atoms with Crippen LogP contribution in [-0.4, -0.2) is 39.9 Å². The van der Waals surface area contributed by atoms with Gasteiger partial charge in [-0.2, -0.15) is 0 Å². The minimum absolute atomic E-state index is 0.0716. The number of piperidine rings is 1. The number of urea groups is 1. The fraction of sp³-hybridized carbons (Fsp3) is 0.467. The third-order valence-electron chi connectivity index (χ3n) is 4.03. The van der Waals surface area contributed by atoms with Gasteiger partial charge in [0.25, 0.3) is 5.56 Å². The van der Waals surface area contributed by atoms with Gasteiger partial charge in [-0.15, -0.1) is 0 Å². The van der Waals surface area contributed by atoms with Crippen molar-refractivity contribution in [2.24, 2.45) is 7.05 Å². The molecule has 3 rings (SSSR count). The average molecular weight is 332 g/mol. The van der Waals surface area contributed by atoms with E-state index in [-0.39, 0.29) is 17.6 Å². The van der Waals surface area contributed by atoms with Crippen LogP contribution in [0.5, 0.6) is 0 Å². The Morgan fingerprint density at radius 1 is 1.46 bits per heavy atom. The Morgan fingerprint density at radius 3 is 3.04 bits per heavy atom. The van der Waals surface area contributed by atoms with Crippen molar-refractivity contribution in [1.29, 1.82) is 0 Å². The minimum Gasteiger partial charge on any atom is -0.362 e. The van der Waals surface area contributed by atoms with Crippen LogP contribution in [0.1, 0.15) is 18.4 Å². The summed E-state index contributed by atoms with van der Waals surface area (Å²) >= 11 is 0. The molecule has 0 saturated carbocycles. The molecule has 24 heavy (non-hydrogen) atoms. The van der Waals surface area contributed by atoms with Gasteiger partial charge in [-0.3, -0.25) is 10.1 Å². The standard InChI is InChI=1S/C15H20N6O3/c1-10-9-24-19-12(10)18-15(23)17-11-4-3-6-21(8-11)13-14(22)20(2)7-5-16-13/h5,7,9,11H,3-4,6,8H2,1-2H3,(H2,17,18,19,23)/t11-/m0/s1. The molecule has 2 aromatic heterocycles. The zero-order chi connectivity index (χ0) is 17.1. The summed E-state index contributed by atoms with van der Waals surface area (Å²) in [5, 5.41) is 9.29. The molecule has 3 heterocycles. The molecular formula is C15H20N6O3. The number of aryl methyl sites for hydroxylation is 2. The summed E-state index contributed by atoms with van der Waals surface area (Å²) in [6.45, 7) is 3.08. The zero-order valence-electron chi connectivity index (χ0n) is 13.7. The van der Waals surface area contributed by atoms with Crippen LogP contribution in [0.2, 0.25) is 0 Å². The highest BCUT2D eigenvalue weighted by Gasteiger charge is 2.24. The minimum atomic E-state index is -0.340. The summed E-state index contributed by atoms with van der Waals surface area (Å²) in [6.07, 6.45) is 6.41. The van der Waals surface area contributed by atoms with E-state index < -0.39 is 0 Å². The molecule has 0 radical (unpaired) electrons. The lowest BCUT2D eigenvalue weighted by Crippen LogP contribution is -2.50. The Labute approximate surface area is 138 Å². The number of hydrogen-bond donors (Lipinski definition) is 2. The lowest BCUT2D eigenvalue weighted by atomic mass is 10.1. The van der Waals surface area contributed by atoms with E-state index in [1.54, 1.807) is 26.4 Å². The van der Waals surface area contributed by atoms with Gasteiger partial charge in [-0.1, -0.05) is 5.16 Å². The van der Waals surface area contributed by atoms with Gasteiger partial charge in [0.15, 0.2) is 11.6 Å². The van der Waals surface area contributed by atoms with Crippen LogP contribution in [0.3, 0.4) is 0 Å². The van der Waals surface area contributed by atoms with Crippen molar-refractivity contribution >= 4 is 17.7 Å². The number of hydrogen-bond acceptors (Lipinski definition) is 6. The smallest absolute Gasteiger partial charge is 0.320 e. The van der Waals surface area contributed by atoms with E-state index in [0.29, 0.717) is 18.2 Å². The number of carbonyl (C=O) groups is 1. The Kier molecular flexibility index (Phi) is 4.50. The molecule has 1 aliphatic heterocycles. The number of rotatable bonds is 3. The second-order valence-corrected chi connectivity index (χ2v) is 5.90. The number of carbonyl (C=O) groups excluding carboxylic acids is 1. The topological polar surface area (TPSA) is 105 Å². The molecule has 0 aliphatic carbocycles. The summed E-state index contributed by atoms with van der Waals surface area (Å²) in [4.78, 5) is 30.4. The molecule has 1 aliphatic rings. The van der Waals surface area contributed by atoms with Crippen LogP contribution in [0.4, 0.5) is 16.4 Å². The third-order valence-corrected chi connectivity index (χ3v) is 4.03. The predicted molar refractivity (Wildman–Crippen MR) is 88.1 cm³/mol.